The smallest absolute Gasteiger partial charge is 0.135 e. The monoisotopic (exact) mass is 623 g/mol. The van der Waals surface area contributed by atoms with Gasteiger partial charge in [0.25, 0.3) is 0 Å². The second-order valence-corrected chi connectivity index (χ2v) is 12.7. The van der Waals surface area contributed by atoms with Gasteiger partial charge in [-0.2, -0.15) is 0 Å². The summed E-state index contributed by atoms with van der Waals surface area (Å²) in [5, 5.41) is 9.66. The van der Waals surface area contributed by atoms with Crippen molar-refractivity contribution in [2.24, 2.45) is 0 Å². The Balaban J connectivity index is 1.24. The minimum absolute atomic E-state index is 0.909. The Labute approximate surface area is 283 Å². The molecule has 228 valence electrons. The lowest BCUT2D eigenvalue weighted by molar-refractivity contribution is 0.669. The minimum Gasteiger partial charge on any atom is -0.456 e. The van der Waals surface area contributed by atoms with Crippen LogP contribution in [0.4, 0.5) is 0 Å². The summed E-state index contributed by atoms with van der Waals surface area (Å²) in [4.78, 5) is 5.34. The molecule has 0 N–H and O–H groups in total. The van der Waals surface area contributed by atoms with Crippen molar-refractivity contribution < 1.29 is 4.42 Å². The first-order chi connectivity index (χ1) is 24.3. The van der Waals surface area contributed by atoms with Gasteiger partial charge in [-0.1, -0.05) is 140 Å². The third kappa shape index (κ3) is 4.53. The average molecular weight is 624 g/mol. The number of aromatic nitrogens is 1. The number of pyridine rings is 1. The zero-order valence-corrected chi connectivity index (χ0v) is 26.6. The van der Waals surface area contributed by atoms with Crippen LogP contribution >= 0.6 is 0 Å². The molecule has 0 fully saturated rings. The lowest BCUT2D eigenvalue weighted by Crippen LogP contribution is -1.93. The van der Waals surface area contributed by atoms with Crippen molar-refractivity contribution in [2.45, 2.75) is 0 Å². The van der Waals surface area contributed by atoms with Gasteiger partial charge in [0.2, 0.25) is 0 Å². The average Bonchev–Trinajstić information content (AvgIpc) is 3.56. The molecule has 2 nitrogen and oxygen atoms in total. The van der Waals surface area contributed by atoms with E-state index in [0.717, 1.165) is 50.0 Å². The van der Waals surface area contributed by atoms with Crippen LogP contribution < -0.4 is 0 Å². The van der Waals surface area contributed by atoms with Crippen LogP contribution in [0.3, 0.4) is 0 Å². The standard InChI is InChI=1S/C47H29NO/c1-3-12-30(13-4-1)34-28-43(31-14-5-2-6-15-31)48-44(29-34)40-20-11-19-38-35-16-7-8-17-36(35)41-26-32(22-24-39(41)47(38)40)33-23-25-46-42(27-33)37-18-9-10-21-45(37)49-46/h1-29H. The second kappa shape index (κ2) is 11.0. The van der Waals surface area contributed by atoms with Crippen molar-refractivity contribution in [1.82, 2.24) is 4.98 Å². The summed E-state index contributed by atoms with van der Waals surface area (Å²) in [6.45, 7) is 0. The Bertz CT molecular complexity index is 2810. The van der Waals surface area contributed by atoms with Crippen LogP contribution in [0.25, 0.3) is 99.0 Å². The predicted molar refractivity (Wildman–Crippen MR) is 206 cm³/mol. The summed E-state index contributed by atoms with van der Waals surface area (Å²) in [5.74, 6) is 0. The van der Waals surface area contributed by atoms with Gasteiger partial charge in [-0.15, -0.1) is 0 Å². The molecule has 0 saturated carbocycles. The van der Waals surface area contributed by atoms with E-state index in [1.54, 1.807) is 0 Å². The van der Waals surface area contributed by atoms with Crippen LogP contribution in [0.2, 0.25) is 0 Å². The van der Waals surface area contributed by atoms with E-state index in [2.05, 4.69) is 164 Å². The maximum Gasteiger partial charge on any atom is 0.135 e. The summed E-state index contributed by atoms with van der Waals surface area (Å²) in [7, 11) is 0. The molecule has 0 amide bonds. The van der Waals surface area contributed by atoms with Crippen LogP contribution in [0.15, 0.2) is 180 Å². The molecule has 0 bridgehead atoms. The Morgan fingerprint density at radius 1 is 0.306 bits per heavy atom. The van der Waals surface area contributed by atoms with Crippen molar-refractivity contribution in [3.05, 3.63) is 176 Å². The maximum absolute atomic E-state index is 6.14. The molecule has 0 radical (unpaired) electrons. The van der Waals surface area contributed by atoms with Crippen LogP contribution in [0, 0.1) is 0 Å². The zero-order chi connectivity index (χ0) is 32.3. The van der Waals surface area contributed by atoms with Crippen molar-refractivity contribution in [1.29, 1.82) is 0 Å². The topological polar surface area (TPSA) is 26.0 Å². The third-order valence-electron chi connectivity index (χ3n) is 9.85. The van der Waals surface area contributed by atoms with Gasteiger partial charge in [0, 0.05) is 21.9 Å². The molecule has 0 aliphatic rings. The van der Waals surface area contributed by atoms with E-state index in [9.17, 15) is 0 Å². The Kier molecular flexibility index (Phi) is 6.22. The number of hydrogen-bond donors (Lipinski definition) is 0. The highest BCUT2D eigenvalue weighted by Crippen LogP contribution is 2.43. The van der Waals surface area contributed by atoms with Gasteiger partial charge in [0.05, 0.1) is 11.4 Å². The van der Waals surface area contributed by atoms with Crippen molar-refractivity contribution in [2.75, 3.05) is 0 Å². The molecule has 10 aromatic rings. The Morgan fingerprint density at radius 2 is 0.878 bits per heavy atom. The molecular formula is C47H29NO. The SMILES string of the molecule is c1ccc(-c2cc(-c3ccccc3)nc(-c3cccc4c5ccccc5c5cc(-c6ccc7oc8ccccc8c7c6)ccc5c34)c2)cc1. The molecule has 2 aromatic heterocycles. The second-order valence-electron chi connectivity index (χ2n) is 12.7. The Hall–Kier alpha value is -6.51. The summed E-state index contributed by atoms with van der Waals surface area (Å²) in [6.07, 6.45) is 0. The van der Waals surface area contributed by atoms with E-state index in [4.69, 9.17) is 9.40 Å². The largest absolute Gasteiger partial charge is 0.456 e. The molecule has 0 spiro atoms. The third-order valence-corrected chi connectivity index (χ3v) is 9.85. The van der Waals surface area contributed by atoms with Gasteiger partial charge in [-0.3, -0.25) is 0 Å². The lowest BCUT2D eigenvalue weighted by atomic mass is 9.88. The van der Waals surface area contributed by atoms with E-state index >= 15 is 0 Å². The normalized spacial score (nSPS) is 11.7. The van der Waals surface area contributed by atoms with Gasteiger partial charge in [0.15, 0.2) is 0 Å². The fourth-order valence-corrected chi connectivity index (χ4v) is 7.53. The molecule has 0 saturated heterocycles. The van der Waals surface area contributed by atoms with E-state index in [1.807, 2.05) is 12.1 Å². The summed E-state index contributed by atoms with van der Waals surface area (Å²) in [5.41, 5.74) is 10.6. The molecule has 0 aliphatic heterocycles. The summed E-state index contributed by atoms with van der Waals surface area (Å²) < 4.78 is 6.14. The predicted octanol–water partition coefficient (Wildman–Crippen LogP) is 13.1. The molecule has 0 aliphatic carbocycles. The quantitative estimate of drug-likeness (QED) is 0.182. The molecule has 0 atom stereocenters. The van der Waals surface area contributed by atoms with Crippen LogP contribution in [0.1, 0.15) is 0 Å². The fraction of sp³-hybridized carbons (Fsp3) is 0. The van der Waals surface area contributed by atoms with Gasteiger partial charge in [-0.25, -0.2) is 4.98 Å². The van der Waals surface area contributed by atoms with E-state index in [-0.39, 0.29) is 0 Å². The maximum atomic E-state index is 6.14. The molecule has 2 heterocycles. The van der Waals surface area contributed by atoms with Crippen molar-refractivity contribution >= 4 is 54.3 Å². The first kappa shape index (κ1) is 27.6. The highest BCUT2D eigenvalue weighted by atomic mass is 16.3. The van der Waals surface area contributed by atoms with Crippen LogP contribution in [-0.4, -0.2) is 4.98 Å². The van der Waals surface area contributed by atoms with E-state index in [1.165, 1.54) is 49.0 Å². The summed E-state index contributed by atoms with van der Waals surface area (Å²) in [6, 6.07) is 62.7. The first-order valence-corrected chi connectivity index (χ1v) is 16.7. The molecular weight excluding hydrogens is 595 g/mol. The molecule has 10 rings (SSSR count). The van der Waals surface area contributed by atoms with Crippen LogP contribution in [0.5, 0.6) is 0 Å². The lowest BCUT2D eigenvalue weighted by Gasteiger charge is -2.16. The van der Waals surface area contributed by atoms with Crippen LogP contribution in [-0.2, 0) is 0 Å². The number of furan rings is 1. The van der Waals surface area contributed by atoms with E-state index in [0.29, 0.717) is 0 Å². The van der Waals surface area contributed by atoms with E-state index < -0.39 is 0 Å². The van der Waals surface area contributed by atoms with Gasteiger partial charge in [0.1, 0.15) is 11.2 Å². The molecule has 8 aromatic carbocycles. The minimum atomic E-state index is 0.909. The van der Waals surface area contributed by atoms with Crippen molar-refractivity contribution in [3.8, 4) is 44.8 Å². The first-order valence-electron chi connectivity index (χ1n) is 16.7. The highest BCUT2D eigenvalue weighted by Gasteiger charge is 2.17. The molecule has 2 heteroatoms. The number of nitrogens with zero attached hydrogens (tertiary/aromatic N) is 1. The zero-order valence-electron chi connectivity index (χ0n) is 26.6. The number of rotatable bonds is 4. The summed E-state index contributed by atoms with van der Waals surface area (Å²) >= 11 is 0. The van der Waals surface area contributed by atoms with Gasteiger partial charge in [-0.05, 0) is 91.0 Å². The van der Waals surface area contributed by atoms with Crippen molar-refractivity contribution in [3.63, 3.8) is 0 Å². The molecule has 49 heavy (non-hydrogen) atoms. The number of hydrogen-bond acceptors (Lipinski definition) is 2. The number of para-hydroxylation sites is 1. The number of benzene rings is 8. The molecule has 0 unspecified atom stereocenters. The fourth-order valence-electron chi connectivity index (χ4n) is 7.53. The van der Waals surface area contributed by atoms with Gasteiger partial charge >= 0.3 is 0 Å². The number of fused-ring (bicyclic) bond motifs is 9. The highest BCUT2D eigenvalue weighted by molar-refractivity contribution is 6.28. The Morgan fingerprint density at radius 3 is 1.67 bits per heavy atom. The van der Waals surface area contributed by atoms with Gasteiger partial charge < -0.3 is 4.42 Å².